The van der Waals surface area contributed by atoms with Gasteiger partial charge in [0.1, 0.15) is 11.0 Å². The fourth-order valence-corrected chi connectivity index (χ4v) is 4.23. The molecule has 2 aromatic rings. The Morgan fingerprint density at radius 2 is 1.90 bits per heavy atom. The lowest BCUT2D eigenvalue weighted by molar-refractivity contribution is -0.129. The molecule has 1 aliphatic heterocycles. The highest BCUT2D eigenvalue weighted by molar-refractivity contribution is 9.10. The molecule has 1 atom stereocenters. The van der Waals surface area contributed by atoms with E-state index in [2.05, 4.69) is 26.2 Å². The van der Waals surface area contributed by atoms with E-state index in [1.807, 2.05) is 38.1 Å². The monoisotopic (exact) mass is 475 g/mol. The fraction of sp³-hybridized carbons (Fsp3) is 0.286. The lowest BCUT2D eigenvalue weighted by Crippen LogP contribution is -2.45. The van der Waals surface area contributed by atoms with Crippen LogP contribution in [0.25, 0.3) is 0 Å². The lowest BCUT2D eigenvalue weighted by atomic mass is 10.2. The summed E-state index contributed by atoms with van der Waals surface area (Å²) in [5, 5.41) is 2.88. The molecule has 1 heterocycles. The maximum absolute atomic E-state index is 12.8. The highest BCUT2D eigenvalue weighted by atomic mass is 79.9. The third kappa shape index (κ3) is 5.61. The van der Waals surface area contributed by atoms with Crippen LogP contribution in [-0.2, 0) is 9.59 Å². The zero-order chi connectivity index (χ0) is 20.8. The van der Waals surface area contributed by atoms with Crippen molar-refractivity contribution in [1.82, 2.24) is 4.90 Å². The van der Waals surface area contributed by atoms with Crippen molar-refractivity contribution in [2.45, 2.75) is 25.5 Å². The van der Waals surface area contributed by atoms with Gasteiger partial charge in [-0.2, -0.15) is 0 Å². The maximum atomic E-state index is 12.8. The second kappa shape index (κ2) is 9.93. The van der Waals surface area contributed by atoms with E-state index in [0.29, 0.717) is 24.0 Å². The van der Waals surface area contributed by atoms with Gasteiger partial charge in [-0.3, -0.25) is 14.5 Å². The number of hydrogen-bond acceptors (Lipinski definition) is 5. The van der Waals surface area contributed by atoms with Gasteiger partial charge >= 0.3 is 0 Å². The molecule has 0 bridgehead atoms. The van der Waals surface area contributed by atoms with E-state index in [0.717, 1.165) is 15.9 Å². The molecule has 1 aliphatic rings. The predicted molar refractivity (Wildman–Crippen MR) is 121 cm³/mol. The molecule has 1 fully saturated rings. The van der Waals surface area contributed by atoms with Crippen LogP contribution in [0.5, 0.6) is 5.75 Å². The minimum atomic E-state index is -0.536. The van der Waals surface area contributed by atoms with Crippen LogP contribution in [0, 0.1) is 0 Å². The first-order valence-corrected chi connectivity index (χ1v) is 11.0. The van der Waals surface area contributed by atoms with Gasteiger partial charge in [-0.1, -0.05) is 27.7 Å². The van der Waals surface area contributed by atoms with Crippen LogP contribution in [0.3, 0.4) is 0 Å². The minimum Gasteiger partial charge on any atom is -0.494 e. The Morgan fingerprint density at radius 3 is 2.52 bits per heavy atom. The third-order valence-corrected chi connectivity index (χ3v) is 5.95. The second-order valence-corrected chi connectivity index (χ2v) is 8.35. The molecule has 0 saturated carbocycles. The van der Waals surface area contributed by atoms with Gasteiger partial charge in [0, 0.05) is 23.1 Å². The smallest absolute Gasteiger partial charge is 0.238 e. The topological polar surface area (TPSA) is 71.0 Å². The molecule has 0 radical (unpaired) electrons. The zero-order valence-electron chi connectivity index (χ0n) is 16.2. The van der Waals surface area contributed by atoms with Crippen molar-refractivity contribution < 1.29 is 14.3 Å². The van der Waals surface area contributed by atoms with Gasteiger partial charge in [-0.05, 0) is 62.4 Å². The van der Waals surface area contributed by atoms with Gasteiger partial charge in [-0.15, -0.1) is 0 Å². The molecule has 152 valence electrons. The van der Waals surface area contributed by atoms with Crippen LogP contribution in [0.1, 0.15) is 20.3 Å². The SMILES string of the molecule is CCOc1ccc(NC(=O)C2CC(=O)N(CC)C(=Nc3ccc(Br)cc3)S2)cc1. The normalized spacial score (nSPS) is 18.0. The van der Waals surface area contributed by atoms with Crippen LogP contribution >= 0.6 is 27.7 Å². The van der Waals surface area contributed by atoms with Crippen molar-refractivity contribution in [2.75, 3.05) is 18.5 Å². The predicted octanol–water partition coefficient (Wildman–Crippen LogP) is 4.83. The van der Waals surface area contributed by atoms with E-state index in [9.17, 15) is 9.59 Å². The van der Waals surface area contributed by atoms with E-state index in [4.69, 9.17) is 4.74 Å². The van der Waals surface area contributed by atoms with E-state index < -0.39 is 5.25 Å². The molecule has 1 saturated heterocycles. The molecule has 6 nitrogen and oxygen atoms in total. The molecule has 0 aliphatic carbocycles. The van der Waals surface area contributed by atoms with Crippen molar-refractivity contribution in [1.29, 1.82) is 0 Å². The summed E-state index contributed by atoms with van der Waals surface area (Å²) in [5.41, 5.74) is 1.39. The summed E-state index contributed by atoms with van der Waals surface area (Å²) in [7, 11) is 0. The summed E-state index contributed by atoms with van der Waals surface area (Å²) < 4.78 is 6.37. The van der Waals surface area contributed by atoms with Gasteiger partial charge in [0.05, 0.1) is 12.3 Å². The number of benzene rings is 2. The first-order valence-electron chi connectivity index (χ1n) is 9.35. The standard InChI is InChI=1S/C21H22BrN3O3S/c1-3-25-19(26)13-18(29-21(25)24-16-7-5-14(22)6-8-16)20(27)23-15-9-11-17(12-10-15)28-4-2/h5-12,18H,3-4,13H2,1-2H3,(H,23,27). The van der Waals surface area contributed by atoms with Gasteiger partial charge < -0.3 is 10.1 Å². The molecular weight excluding hydrogens is 454 g/mol. The average molecular weight is 476 g/mol. The molecule has 1 unspecified atom stereocenters. The van der Waals surface area contributed by atoms with Gasteiger partial charge in [0.2, 0.25) is 11.8 Å². The quantitative estimate of drug-likeness (QED) is 0.649. The number of nitrogens with one attached hydrogen (secondary N) is 1. The Bertz CT molecular complexity index is 900. The van der Waals surface area contributed by atoms with E-state index in [1.54, 1.807) is 29.2 Å². The van der Waals surface area contributed by atoms with Crippen molar-refractivity contribution in [3.05, 3.63) is 53.0 Å². The number of carbonyl (C=O) groups excluding carboxylic acids is 2. The number of rotatable bonds is 6. The third-order valence-electron chi connectivity index (χ3n) is 4.23. The summed E-state index contributed by atoms with van der Waals surface area (Å²) in [6.07, 6.45) is 0.140. The first-order chi connectivity index (χ1) is 14.0. The number of thioether (sulfide) groups is 1. The number of nitrogens with zero attached hydrogens (tertiary/aromatic N) is 2. The summed E-state index contributed by atoms with van der Waals surface area (Å²) >= 11 is 4.71. The van der Waals surface area contributed by atoms with Crippen molar-refractivity contribution in [2.24, 2.45) is 4.99 Å². The molecule has 2 amide bonds. The number of aliphatic imine (C=N–C) groups is 1. The number of halogens is 1. The molecule has 2 aromatic carbocycles. The molecule has 0 aromatic heterocycles. The van der Waals surface area contributed by atoms with E-state index in [-0.39, 0.29) is 18.2 Å². The average Bonchev–Trinajstić information content (AvgIpc) is 2.71. The van der Waals surface area contributed by atoms with Gasteiger partial charge in [0.15, 0.2) is 5.17 Å². The van der Waals surface area contributed by atoms with Crippen molar-refractivity contribution in [3.63, 3.8) is 0 Å². The highest BCUT2D eigenvalue weighted by Gasteiger charge is 2.35. The zero-order valence-corrected chi connectivity index (χ0v) is 18.6. The van der Waals surface area contributed by atoms with E-state index in [1.165, 1.54) is 11.8 Å². The van der Waals surface area contributed by atoms with Crippen LogP contribution in [0.2, 0.25) is 0 Å². The van der Waals surface area contributed by atoms with Crippen LogP contribution in [-0.4, -0.2) is 40.3 Å². The Kier molecular flexibility index (Phi) is 7.33. The number of amidine groups is 1. The molecule has 8 heteroatoms. The molecule has 0 spiro atoms. The number of amides is 2. The van der Waals surface area contributed by atoms with Gasteiger partial charge in [0.25, 0.3) is 0 Å². The molecular formula is C21H22BrN3O3S. The fourth-order valence-electron chi connectivity index (χ4n) is 2.80. The molecule has 29 heavy (non-hydrogen) atoms. The van der Waals surface area contributed by atoms with Crippen LogP contribution in [0.4, 0.5) is 11.4 Å². The van der Waals surface area contributed by atoms with Crippen LogP contribution < -0.4 is 10.1 Å². The first kappa shape index (κ1) is 21.4. The minimum absolute atomic E-state index is 0.103. The Balaban J connectivity index is 1.74. The Morgan fingerprint density at radius 1 is 1.21 bits per heavy atom. The maximum Gasteiger partial charge on any atom is 0.238 e. The van der Waals surface area contributed by atoms with Crippen molar-refractivity contribution >= 4 is 56.0 Å². The van der Waals surface area contributed by atoms with Gasteiger partial charge in [-0.25, -0.2) is 4.99 Å². The Hall–Kier alpha value is -2.32. The lowest BCUT2D eigenvalue weighted by Gasteiger charge is -2.30. The summed E-state index contributed by atoms with van der Waals surface area (Å²) in [6.45, 7) is 4.91. The van der Waals surface area contributed by atoms with E-state index >= 15 is 0 Å². The number of carbonyl (C=O) groups is 2. The largest absolute Gasteiger partial charge is 0.494 e. The second-order valence-electron chi connectivity index (χ2n) is 6.27. The number of anilines is 1. The highest BCUT2D eigenvalue weighted by Crippen LogP contribution is 2.30. The van der Waals surface area contributed by atoms with Crippen molar-refractivity contribution in [3.8, 4) is 5.75 Å². The summed E-state index contributed by atoms with van der Waals surface area (Å²) in [4.78, 5) is 31.6. The molecule has 1 N–H and O–H groups in total. The molecule has 3 rings (SSSR count). The number of ether oxygens (including phenoxy) is 1. The Labute approximate surface area is 182 Å². The van der Waals surface area contributed by atoms with Crippen LogP contribution in [0.15, 0.2) is 58.0 Å². The summed E-state index contributed by atoms with van der Waals surface area (Å²) in [6, 6.07) is 14.7. The number of hydrogen-bond donors (Lipinski definition) is 1. The summed E-state index contributed by atoms with van der Waals surface area (Å²) in [5.74, 6) is 0.427.